The van der Waals surface area contributed by atoms with Gasteiger partial charge in [-0.05, 0) is 38.1 Å². The summed E-state index contributed by atoms with van der Waals surface area (Å²) in [5, 5.41) is 5.99. The lowest BCUT2D eigenvalue weighted by Gasteiger charge is -2.23. The Bertz CT molecular complexity index is 490. The topological polar surface area (TPSA) is 44.4 Å². The van der Waals surface area contributed by atoms with E-state index in [4.69, 9.17) is 0 Å². The van der Waals surface area contributed by atoms with Gasteiger partial charge < -0.3 is 10.6 Å². The van der Waals surface area contributed by atoms with Gasteiger partial charge in [-0.1, -0.05) is 6.92 Å². The number of carbonyl (C=O) groups is 1. The van der Waals surface area contributed by atoms with Crippen molar-refractivity contribution in [3.63, 3.8) is 0 Å². The van der Waals surface area contributed by atoms with Gasteiger partial charge in [0.25, 0.3) is 0 Å². The fourth-order valence-corrected chi connectivity index (χ4v) is 2.51. The zero-order valence-electron chi connectivity index (χ0n) is 12.2. The van der Waals surface area contributed by atoms with E-state index in [0.29, 0.717) is 6.04 Å². The summed E-state index contributed by atoms with van der Waals surface area (Å²) in [6, 6.07) is 3.78. The number of nitrogens with one attached hydrogen (secondary N) is 2. The molecule has 1 atom stereocenters. The Morgan fingerprint density at radius 1 is 1.43 bits per heavy atom. The van der Waals surface area contributed by atoms with E-state index in [2.05, 4.69) is 10.6 Å². The van der Waals surface area contributed by atoms with Gasteiger partial charge in [0.15, 0.2) is 11.6 Å². The van der Waals surface area contributed by atoms with Gasteiger partial charge in [-0.25, -0.2) is 8.78 Å². The average molecular weight is 297 g/mol. The molecule has 1 saturated heterocycles. The maximum Gasteiger partial charge on any atom is 0.238 e. The number of nitrogens with zero attached hydrogens (tertiary/aromatic N) is 1. The van der Waals surface area contributed by atoms with E-state index in [-0.39, 0.29) is 18.1 Å². The monoisotopic (exact) mass is 297 g/mol. The van der Waals surface area contributed by atoms with Crippen LogP contribution in [-0.2, 0) is 4.79 Å². The first-order chi connectivity index (χ1) is 10.1. The van der Waals surface area contributed by atoms with Crippen LogP contribution in [-0.4, -0.2) is 43.0 Å². The molecule has 4 nitrogen and oxygen atoms in total. The van der Waals surface area contributed by atoms with E-state index in [1.807, 2.05) is 11.8 Å². The van der Waals surface area contributed by atoms with E-state index >= 15 is 0 Å². The summed E-state index contributed by atoms with van der Waals surface area (Å²) in [4.78, 5) is 14.0. The fourth-order valence-electron chi connectivity index (χ4n) is 2.51. The van der Waals surface area contributed by atoms with Crippen LogP contribution in [0.5, 0.6) is 0 Å². The lowest BCUT2D eigenvalue weighted by molar-refractivity contribution is -0.117. The minimum absolute atomic E-state index is 0.221. The molecule has 1 fully saturated rings. The van der Waals surface area contributed by atoms with Crippen LogP contribution in [0.15, 0.2) is 18.2 Å². The highest BCUT2D eigenvalue weighted by Gasteiger charge is 2.18. The molecule has 0 aromatic heterocycles. The highest BCUT2D eigenvalue weighted by atomic mass is 19.2. The Balaban J connectivity index is 1.85. The Morgan fingerprint density at radius 3 is 2.86 bits per heavy atom. The number of anilines is 1. The van der Waals surface area contributed by atoms with Crippen LogP contribution in [0.1, 0.15) is 19.8 Å². The first-order valence-electron chi connectivity index (χ1n) is 7.29. The number of likely N-dealkylation sites (N-methyl/N-ethyl adjacent to an activating group) is 1. The van der Waals surface area contributed by atoms with Crippen LogP contribution in [0.4, 0.5) is 14.5 Å². The number of halogens is 2. The van der Waals surface area contributed by atoms with E-state index < -0.39 is 11.6 Å². The highest BCUT2D eigenvalue weighted by molar-refractivity contribution is 5.92. The molecule has 1 amide bonds. The molecule has 21 heavy (non-hydrogen) atoms. The Hall–Kier alpha value is -1.53. The third-order valence-electron chi connectivity index (χ3n) is 3.66. The number of benzene rings is 1. The molecule has 0 radical (unpaired) electrons. The van der Waals surface area contributed by atoms with Gasteiger partial charge >= 0.3 is 0 Å². The third-order valence-corrected chi connectivity index (χ3v) is 3.66. The second-order valence-electron chi connectivity index (χ2n) is 5.30. The van der Waals surface area contributed by atoms with Crippen molar-refractivity contribution in [1.29, 1.82) is 0 Å². The van der Waals surface area contributed by atoms with Crippen molar-refractivity contribution in [2.24, 2.45) is 0 Å². The molecule has 1 aromatic rings. The van der Waals surface area contributed by atoms with Crippen molar-refractivity contribution in [3.05, 3.63) is 29.8 Å². The Labute approximate surface area is 123 Å². The number of rotatable bonds is 6. The Morgan fingerprint density at radius 2 is 2.24 bits per heavy atom. The first-order valence-corrected chi connectivity index (χ1v) is 7.29. The van der Waals surface area contributed by atoms with Crippen LogP contribution in [0.25, 0.3) is 0 Å². The molecule has 1 aliphatic heterocycles. The molecule has 1 heterocycles. The number of hydrogen-bond donors (Lipinski definition) is 2. The highest BCUT2D eigenvalue weighted by Crippen LogP contribution is 2.13. The van der Waals surface area contributed by atoms with Crippen molar-refractivity contribution in [1.82, 2.24) is 10.2 Å². The lowest BCUT2D eigenvalue weighted by Crippen LogP contribution is -2.41. The summed E-state index contributed by atoms with van der Waals surface area (Å²) in [7, 11) is 0. The smallest absolute Gasteiger partial charge is 0.238 e. The molecule has 0 aliphatic carbocycles. The number of hydrogen-bond acceptors (Lipinski definition) is 3. The summed E-state index contributed by atoms with van der Waals surface area (Å²) >= 11 is 0. The molecular weight excluding hydrogens is 276 g/mol. The summed E-state index contributed by atoms with van der Waals surface area (Å²) in [5.41, 5.74) is 0.272. The van der Waals surface area contributed by atoms with Crippen LogP contribution in [0, 0.1) is 11.6 Å². The SMILES string of the molecule is CCN(CC(=O)Nc1ccc(F)c(F)c1)CC1CCCN1. The van der Waals surface area contributed by atoms with E-state index in [0.717, 1.165) is 38.2 Å². The van der Waals surface area contributed by atoms with Crippen molar-refractivity contribution >= 4 is 11.6 Å². The normalized spacial score (nSPS) is 18.2. The number of amides is 1. The van der Waals surface area contributed by atoms with Crippen LogP contribution in [0.3, 0.4) is 0 Å². The zero-order chi connectivity index (χ0) is 15.2. The molecule has 1 unspecified atom stereocenters. The predicted molar refractivity (Wildman–Crippen MR) is 78.1 cm³/mol. The minimum Gasteiger partial charge on any atom is -0.325 e. The number of carbonyl (C=O) groups excluding carboxylic acids is 1. The standard InChI is InChI=1S/C15H21F2N3O/c1-2-20(9-12-4-3-7-18-12)10-15(21)19-11-5-6-13(16)14(17)8-11/h5-6,8,12,18H,2-4,7,9-10H2,1H3,(H,19,21). The van der Waals surface area contributed by atoms with Crippen molar-refractivity contribution in [3.8, 4) is 0 Å². The van der Waals surface area contributed by atoms with Crippen molar-refractivity contribution in [2.75, 3.05) is 31.5 Å². The molecule has 0 saturated carbocycles. The summed E-state index contributed by atoms with van der Waals surface area (Å²) in [6.07, 6.45) is 2.30. The van der Waals surface area contributed by atoms with Crippen LogP contribution >= 0.6 is 0 Å². The van der Waals surface area contributed by atoms with E-state index in [1.165, 1.54) is 12.5 Å². The quantitative estimate of drug-likeness (QED) is 0.844. The Kier molecular flexibility index (Phi) is 5.64. The molecule has 1 aliphatic rings. The molecule has 2 N–H and O–H groups in total. The third kappa shape index (κ3) is 4.75. The van der Waals surface area contributed by atoms with Gasteiger partial charge in [0.1, 0.15) is 0 Å². The fraction of sp³-hybridized carbons (Fsp3) is 0.533. The summed E-state index contributed by atoms with van der Waals surface area (Å²) in [6.45, 7) is 4.86. The molecule has 6 heteroatoms. The lowest BCUT2D eigenvalue weighted by atomic mass is 10.2. The molecule has 0 spiro atoms. The largest absolute Gasteiger partial charge is 0.325 e. The zero-order valence-corrected chi connectivity index (χ0v) is 12.2. The van der Waals surface area contributed by atoms with Gasteiger partial charge in [0, 0.05) is 24.3 Å². The van der Waals surface area contributed by atoms with E-state index in [9.17, 15) is 13.6 Å². The van der Waals surface area contributed by atoms with Gasteiger partial charge in [-0.15, -0.1) is 0 Å². The van der Waals surface area contributed by atoms with Gasteiger partial charge in [0.2, 0.25) is 5.91 Å². The second kappa shape index (κ2) is 7.47. The first kappa shape index (κ1) is 15.9. The predicted octanol–water partition coefficient (Wildman–Crippen LogP) is 1.98. The summed E-state index contributed by atoms with van der Waals surface area (Å²) < 4.78 is 25.9. The molecule has 116 valence electrons. The van der Waals surface area contributed by atoms with Crippen LogP contribution in [0.2, 0.25) is 0 Å². The van der Waals surface area contributed by atoms with Crippen LogP contribution < -0.4 is 10.6 Å². The average Bonchev–Trinajstić information content (AvgIpc) is 2.95. The van der Waals surface area contributed by atoms with Crippen molar-refractivity contribution in [2.45, 2.75) is 25.8 Å². The maximum atomic E-state index is 13.1. The molecule has 2 rings (SSSR count). The van der Waals surface area contributed by atoms with Gasteiger partial charge in [-0.3, -0.25) is 9.69 Å². The van der Waals surface area contributed by atoms with Crippen molar-refractivity contribution < 1.29 is 13.6 Å². The maximum absolute atomic E-state index is 13.1. The summed E-state index contributed by atoms with van der Waals surface area (Å²) in [5.74, 6) is -2.10. The minimum atomic E-state index is -0.963. The molecule has 1 aromatic carbocycles. The second-order valence-corrected chi connectivity index (χ2v) is 5.30. The van der Waals surface area contributed by atoms with Gasteiger partial charge in [0.05, 0.1) is 6.54 Å². The van der Waals surface area contributed by atoms with E-state index in [1.54, 1.807) is 0 Å². The molecular formula is C15H21F2N3O. The van der Waals surface area contributed by atoms with Gasteiger partial charge in [-0.2, -0.15) is 0 Å². The molecule has 0 bridgehead atoms.